The number of rotatable bonds is 2. The van der Waals surface area contributed by atoms with Crippen LogP contribution in [0.5, 0.6) is 0 Å². The van der Waals surface area contributed by atoms with Crippen LogP contribution in [0.15, 0.2) is 29.8 Å². The molecule has 1 aromatic rings. The first-order chi connectivity index (χ1) is 8.09. The van der Waals surface area contributed by atoms with Crippen LogP contribution in [0.1, 0.15) is 31.9 Å². The fraction of sp³-hybridized carbons (Fsp3) is 0.429. The zero-order chi connectivity index (χ0) is 12.4. The molecule has 1 aliphatic rings. The zero-order valence-corrected chi connectivity index (χ0v) is 10.3. The maximum absolute atomic E-state index is 13.8. The predicted octanol–water partition coefficient (Wildman–Crippen LogP) is 3.04. The molecule has 1 heterocycles. The molecule has 0 radical (unpaired) electrons. The maximum atomic E-state index is 13.8. The summed E-state index contributed by atoms with van der Waals surface area (Å²) in [6.07, 6.45) is 2.40. The minimum absolute atomic E-state index is 0.329. The van der Waals surface area contributed by atoms with Gasteiger partial charge < -0.3 is 10.0 Å². The Kier molecular flexibility index (Phi) is 3.48. The Morgan fingerprint density at radius 2 is 2.18 bits per heavy atom. The first-order valence-corrected chi connectivity index (χ1v) is 5.96. The number of hydrogen-bond acceptors (Lipinski definition) is 2. The molecule has 0 amide bonds. The van der Waals surface area contributed by atoms with Crippen LogP contribution in [-0.2, 0) is 0 Å². The van der Waals surface area contributed by atoms with Gasteiger partial charge in [-0.2, -0.15) is 0 Å². The van der Waals surface area contributed by atoms with Crippen molar-refractivity contribution in [2.24, 2.45) is 0 Å². The van der Waals surface area contributed by atoms with Crippen LogP contribution >= 0.6 is 0 Å². The van der Waals surface area contributed by atoms with Gasteiger partial charge in [-0.1, -0.05) is 17.7 Å². The standard InChI is InChI=1S/C14H18FNO/c1-10-5-4-8-16(9-10)13-7-3-6-12(15)14(13)11(2)17/h3,5-7,11,17H,4,8-9H2,1-2H3/t11-/m0/s1. The van der Waals surface area contributed by atoms with Gasteiger partial charge in [-0.25, -0.2) is 4.39 Å². The van der Waals surface area contributed by atoms with E-state index in [0.717, 1.165) is 25.2 Å². The van der Waals surface area contributed by atoms with E-state index >= 15 is 0 Å². The van der Waals surface area contributed by atoms with Gasteiger partial charge >= 0.3 is 0 Å². The molecule has 0 aliphatic carbocycles. The molecule has 0 spiro atoms. The van der Waals surface area contributed by atoms with Gasteiger partial charge in [-0.05, 0) is 32.4 Å². The fourth-order valence-corrected chi connectivity index (χ4v) is 2.33. The van der Waals surface area contributed by atoms with Gasteiger partial charge in [0, 0.05) is 24.3 Å². The Morgan fingerprint density at radius 3 is 2.82 bits per heavy atom. The number of nitrogens with zero attached hydrogens (tertiary/aromatic N) is 1. The lowest BCUT2D eigenvalue weighted by molar-refractivity contribution is 0.194. The molecule has 0 aromatic heterocycles. The monoisotopic (exact) mass is 235 g/mol. The lowest BCUT2D eigenvalue weighted by atomic mass is 10.0. The van der Waals surface area contributed by atoms with Crippen molar-refractivity contribution in [1.82, 2.24) is 0 Å². The van der Waals surface area contributed by atoms with Crippen molar-refractivity contribution in [3.63, 3.8) is 0 Å². The molecule has 17 heavy (non-hydrogen) atoms. The average molecular weight is 235 g/mol. The summed E-state index contributed by atoms with van der Waals surface area (Å²) in [4.78, 5) is 2.13. The summed E-state index contributed by atoms with van der Waals surface area (Å²) in [5.41, 5.74) is 2.51. The van der Waals surface area contributed by atoms with Crippen molar-refractivity contribution in [3.05, 3.63) is 41.2 Å². The summed E-state index contributed by atoms with van der Waals surface area (Å²) in [5.74, 6) is -0.329. The van der Waals surface area contributed by atoms with E-state index in [2.05, 4.69) is 17.9 Å². The van der Waals surface area contributed by atoms with Gasteiger partial charge in [0.05, 0.1) is 6.10 Å². The van der Waals surface area contributed by atoms with Crippen LogP contribution in [0.25, 0.3) is 0 Å². The van der Waals surface area contributed by atoms with Crippen LogP contribution < -0.4 is 4.90 Å². The van der Waals surface area contributed by atoms with Crippen LogP contribution in [0.4, 0.5) is 10.1 Å². The second-order valence-corrected chi connectivity index (χ2v) is 4.61. The second kappa shape index (κ2) is 4.88. The van der Waals surface area contributed by atoms with Gasteiger partial charge in [0.2, 0.25) is 0 Å². The molecule has 1 atom stereocenters. The van der Waals surface area contributed by atoms with Crippen molar-refractivity contribution in [2.75, 3.05) is 18.0 Å². The Bertz CT molecular complexity index is 440. The van der Waals surface area contributed by atoms with E-state index in [1.807, 2.05) is 6.07 Å². The highest BCUT2D eigenvalue weighted by molar-refractivity contribution is 5.56. The quantitative estimate of drug-likeness (QED) is 0.796. The highest BCUT2D eigenvalue weighted by Crippen LogP contribution is 2.30. The van der Waals surface area contributed by atoms with E-state index in [-0.39, 0.29) is 5.82 Å². The van der Waals surface area contributed by atoms with E-state index in [0.29, 0.717) is 5.56 Å². The van der Waals surface area contributed by atoms with Gasteiger partial charge in [0.15, 0.2) is 0 Å². The summed E-state index contributed by atoms with van der Waals surface area (Å²) in [6.45, 7) is 5.37. The number of anilines is 1. The molecule has 0 saturated heterocycles. The molecule has 1 aliphatic heterocycles. The molecule has 0 bridgehead atoms. The summed E-state index contributed by atoms with van der Waals surface area (Å²) in [6, 6.07) is 4.98. The highest BCUT2D eigenvalue weighted by Gasteiger charge is 2.19. The molecule has 0 unspecified atom stereocenters. The smallest absolute Gasteiger partial charge is 0.131 e. The van der Waals surface area contributed by atoms with Crippen LogP contribution in [0.3, 0.4) is 0 Å². The lowest BCUT2D eigenvalue weighted by Crippen LogP contribution is -2.30. The summed E-state index contributed by atoms with van der Waals surface area (Å²) < 4.78 is 13.8. The van der Waals surface area contributed by atoms with E-state index in [1.54, 1.807) is 13.0 Å². The second-order valence-electron chi connectivity index (χ2n) is 4.61. The third kappa shape index (κ3) is 2.50. The van der Waals surface area contributed by atoms with Gasteiger partial charge in [-0.15, -0.1) is 0 Å². The van der Waals surface area contributed by atoms with Crippen molar-refractivity contribution in [1.29, 1.82) is 0 Å². The Hall–Kier alpha value is -1.35. The molecule has 1 aromatic carbocycles. The third-order valence-corrected chi connectivity index (χ3v) is 3.12. The summed E-state index contributed by atoms with van der Waals surface area (Å²) in [7, 11) is 0. The SMILES string of the molecule is CC1=CCCN(c2cccc(F)c2[C@H](C)O)C1. The number of halogens is 1. The topological polar surface area (TPSA) is 23.5 Å². The van der Waals surface area contributed by atoms with Crippen LogP contribution in [0, 0.1) is 5.82 Å². The molecule has 2 rings (SSSR count). The Balaban J connectivity index is 2.38. The zero-order valence-electron chi connectivity index (χ0n) is 10.3. The molecule has 1 N–H and O–H groups in total. The first kappa shape index (κ1) is 12.1. The summed E-state index contributed by atoms with van der Waals surface area (Å²) >= 11 is 0. The van der Waals surface area contributed by atoms with Gasteiger partial charge in [0.1, 0.15) is 5.82 Å². The fourth-order valence-electron chi connectivity index (χ4n) is 2.33. The van der Waals surface area contributed by atoms with E-state index < -0.39 is 6.10 Å². The number of benzene rings is 1. The molecule has 0 saturated carbocycles. The molecule has 2 nitrogen and oxygen atoms in total. The van der Waals surface area contributed by atoms with E-state index in [9.17, 15) is 9.50 Å². The predicted molar refractivity (Wildman–Crippen MR) is 67.6 cm³/mol. The molecule has 3 heteroatoms. The molecular formula is C14H18FNO. The van der Waals surface area contributed by atoms with Gasteiger partial charge in [0.25, 0.3) is 0 Å². The largest absolute Gasteiger partial charge is 0.389 e. The lowest BCUT2D eigenvalue weighted by Gasteiger charge is -2.31. The Morgan fingerprint density at radius 1 is 1.41 bits per heavy atom. The van der Waals surface area contributed by atoms with Gasteiger partial charge in [-0.3, -0.25) is 0 Å². The normalized spacial score (nSPS) is 17.9. The Labute approximate surface area is 101 Å². The first-order valence-electron chi connectivity index (χ1n) is 5.96. The maximum Gasteiger partial charge on any atom is 0.131 e. The van der Waals surface area contributed by atoms with E-state index in [1.165, 1.54) is 11.6 Å². The number of hydrogen-bond donors (Lipinski definition) is 1. The van der Waals surface area contributed by atoms with Crippen molar-refractivity contribution >= 4 is 5.69 Å². The minimum Gasteiger partial charge on any atom is -0.389 e. The summed E-state index contributed by atoms with van der Waals surface area (Å²) in [5, 5.41) is 9.70. The third-order valence-electron chi connectivity index (χ3n) is 3.12. The number of aliphatic hydroxyl groups excluding tert-OH is 1. The van der Waals surface area contributed by atoms with Crippen molar-refractivity contribution in [2.45, 2.75) is 26.4 Å². The van der Waals surface area contributed by atoms with Crippen molar-refractivity contribution in [3.8, 4) is 0 Å². The minimum atomic E-state index is -0.780. The number of aliphatic hydroxyl groups is 1. The van der Waals surface area contributed by atoms with Crippen molar-refractivity contribution < 1.29 is 9.50 Å². The average Bonchev–Trinajstić information content (AvgIpc) is 2.28. The molecule has 0 fully saturated rings. The molecular weight excluding hydrogens is 217 g/mol. The van der Waals surface area contributed by atoms with Crippen LogP contribution in [0.2, 0.25) is 0 Å². The highest BCUT2D eigenvalue weighted by atomic mass is 19.1. The molecule has 92 valence electrons. The van der Waals surface area contributed by atoms with E-state index in [4.69, 9.17) is 0 Å². The van der Waals surface area contributed by atoms with Crippen LogP contribution in [-0.4, -0.2) is 18.2 Å².